The molecule has 0 aromatic heterocycles. The van der Waals surface area contributed by atoms with E-state index < -0.39 is 0 Å². The normalized spacial score (nSPS) is 27.7. The van der Waals surface area contributed by atoms with Crippen LogP contribution in [0.5, 0.6) is 5.75 Å². The Balaban J connectivity index is 2.05. The fraction of sp³-hybridized carbons (Fsp3) is 0.625. The molecule has 0 heterocycles. The van der Waals surface area contributed by atoms with Crippen LogP contribution in [0, 0.1) is 11.3 Å². The maximum atomic E-state index is 6.49. The first-order chi connectivity index (χ1) is 8.35. The van der Waals surface area contributed by atoms with Crippen LogP contribution in [0.4, 0.5) is 0 Å². The number of nitrogens with two attached hydrogens (primary N) is 1. The minimum absolute atomic E-state index is 0.122. The zero-order chi connectivity index (χ0) is 13.4. The topological polar surface area (TPSA) is 35.2 Å². The van der Waals surface area contributed by atoms with Crippen molar-refractivity contribution < 1.29 is 4.74 Å². The first-order valence-corrected chi connectivity index (χ1v) is 6.87. The summed E-state index contributed by atoms with van der Waals surface area (Å²) in [6, 6.07) is 8.28. The van der Waals surface area contributed by atoms with Crippen LogP contribution in [0.25, 0.3) is 0 Å². The van der Waals surface area contributed by atoms with Crippen LogP contribution in [0.1, 0.15) is 46.1 Å². The van der Waals surface area contributed by atoms with E-state index in [1.165, 1.54) is 5.56 Å². The summed E-state index contributed by atoms with van der Waals surface area (Å²) in [6.07, 6.45) is 2.18. The molecule has 1 aliphatic rings. The van der Waals surface area contributed by atoms with E-state index in [4.69, 9.17) is 10.5 Å². The smallest absolute Gasteiger partial charge is 0.119 e. The molecule has 0 bridgehead atoms. The third-order valence-corrected chi connectivity index (χ3v) is 4.19. The molecule has 1 saturated carbocycles. The van der Waals surface area contributed by atoms with E-state index >= 15 is 0 Å². The molecular weight excluding hydrogens is 222 g/mol. The second-order valence-electron chi connectivity index (χ2n) is 6.58. The number of ether oxygens (including phenoxy) is 1. The Morgan fingerprint density at radius 3 is 2.22 bits per heavy atom. The monoisotopic (exact) mass is 247 g/mol. The molecular formula is C16H25NO. The molecule has 0 amide bonds. The Morgan fingerprint density at radius 1 is 1.22 bits per heavy atom. The molecule has 0 aliphatic heterocycles. The van der Waals surface area contributed by atoms with Crippen molar-refractivity contribution in [2.24, 2.45) is 17.1 Å². The molecule has 1 fully saturated rings. The van der Waals surface area contributed by atoms with Gasteiger partial charge in [-0.1, -0.05) is 32.9 Å². The van der Waals surface area contributed by atoms with Gasteiger partial charge in [-0.05, 0) is 48.8 Å². The van der Waals surface area contributed by atoms with Crippen molar-refractivity contribution in [3.05, 3.63) is 29.8 Å². The van der Waals surface area contributed by atoms with E-state index in [9.17, 15) is 0 Å². The van der Waals surface area contributed by atoms with Crippen LogP contribution < -0.4 is 10.5 Å². The van der Waals surface area contributed by atoms with E-state index in [-0.39, 0.29) is 5.54 Å². The van der Waals surface area contributed by atoms with Crippen molar-refractivity contribution in [3.8, 4) is 5.75 Å². The fourth-order valence-corrected chi connectivity index (χ4v) is 2.72. The lowest BCUT2D eigenvalue weighted by atomic mass is 9.57. The van der Waals surface area contributed by atoms with Gasteiger partial charge in [0, 0.05) is 5.54 Å². The van der Waals surface area contributed by atoms with Gasteiger partial charge in [0.05, 0.1) is 6.61 Å². The van der Waals surface area contributed by atoms with Gasteiger partial charge in [0.2, 0.25) is 0 Å². The lowest BCUT2D eigenvalue weighted by molar-refractivity contribution is 0.0489. The quantitative estimate of drug-likeness (QED) is 0.884. The molecule has 18 heavy (non-hydrogen) atoms. The zero-order valence-electron chi connectivity index (χ0n) is 12.0. The molecule has 1 aromatic carbocycles. The van der Waals surface area contributed by atoms with Gasteiger partial charge < -0.3 is 10.5 Å². The molecule has 0 unspecified atom stereocenters. The third kappa shape index (κ3) is 2.54. The highest BCUT2D eigenvalue weighted by Crippen LogP contribution is 2.51. The third-order valence-electron chi connectivity index (χ3n) is 4.19. The summed E-state index contributed by atoms with van der Waals surface area (Å²) in [7, 11) is 0. The van der Waals surface area contributed by atoms with Crippen molar-refractivity contribution in [1.29, 1.82) is 0 Å². The standard InChI is InChI=1S/C16H25NO/c1-5-18-14-8-6-12(7-9-14)16(17)10-13(11-16)15(2,3)4/h6-9,13H,5,10-11,17H2,1-4H3. The number of hydrogen-bond donors (Lipinski definition) is 1. The molecule has 2 rings (SSSR count). The highest BCUT2D eigenvalue weighted by Gasteiger charge is 2.46. The average Bonchev–Trinajstić information content (AvgIpc) is 2.25. The average molecular weight is 247 g/mol. The predicted molar refractivity (Wildman–Crippen MR) is 75.7 cm³/mol. The van der Waals surface area contributed by atoms with Gasteiger partial charge >= 0.3 is 0 Å². The van der Waals surface area contributed by atoms with Gasteiger partial charge in [0.25, 0.3) is 0 Å². The van der Waals surface area contributed by atoms with Gasteiger partial charge in [0.15, 0.2) is 0 Å². The van der Waals surface area contributed by atoms with E-state index in [1.54, 1.807) is 0 Å². The predicted octanol–water partition coefficient (Wildman–Crippen LogP) is 3.70. The Bertz CT molecular complexity index is 396. The summed E-state index contributed by atoms with van der Waals surface area (Å²) in [5, 5.41) is 0. The highest BCUT2D eigenvalue weighted by molar-refractivity contribution is 5.33. The van der Waals surface area contributed by atoms with Gasteiger partial charge in [-0.25, -0.2) is 0 Å². The SMILES string of the molecule is CCOc1ccc(C2(N)CC(C(C)(C)C)C2)cc1. The first-order valence-electron chi connectivity index (χ1n) is 6.87. The Labute approximate surface area is 111 Å². The summed E-state index contributed by atoms with van der Waals surface area (Å²) in [4.78, 5) is 0. The van der Waals surface area contributed by atoms with Crippen molar-refractivity contribution in [1.82, 2.24) is 0 Å². The molecule has 0 saturated heterocycles. The molecule has 2 N–H and O–H groups in total. The maximum Gasteiger partial charge on any atom is 0.119 e. The van der Waals surface area contributed by atoms with Crippen LogP contribution in [0.3, 0.4) is 0 Å². The van der Waals surface area contributed by atoms with Gasteiger partial charge in [-0.3, -0.25) is 0 Å². The lowest BCUT2D eigenvalue weighted by Gasteiger charge is -2.51. The molecule has 2 nitrogen and oxygen atoms in total. The lowest BCUT2D eigenvalue weighted by Crippen LogP contribution is -2.52. The van der Waals surface area contributed by atoms with Gasteiger partial charge in [-0.2, -0.15) is 0 Å². The van der Waals surface area contributed by atoms with E-state index in [0.29, 0.717) is 12.0 Å². The van der Waals surface area contributed by atoms with Crippen LogP contribution in [0.2, 0.25) is 0 Å². The Hall–Kier alpha value is -1.02. The van der Waals surface area contributed by atoms with E-state index in [1.807, 2.05) is 19.1 Å². The summed E-state index contributed by atoms with van der Waals surface area (Å²) in [6.45, 7) is 9.61. The highest BCUT2D eigenvalue weighted by atomic mass is 16.5. The van der Waals surface area contributed by atoms with Gasteiger partial charge in [0.1, 0.15) is 5.75 Å². The zero-order valence-corrected chi connectivity index (χ0v) is 12.0. The maximum absolute atomic E-state index is 6.49. The van der Waals surface area contributed by atoms with Crippen LogP contribution in [-0.4, -0.2) is 6.61 Å². The van der Waals surface area contributed by atoms with Crippen LogP contribution in [-0.2, 0) is 5.54 Å². The van der Waals surface area contributed by atoms with Crippen molar-refractivity contribution >= 4 is 0 Å². The summed E-state index contributed by atoms with van der Waals surface area (Å²) in [5.41, 5.74) is 7.98. The molecule has 0 atom stereocenters. The van der Waals surface area contributed by atoms with Crippen molar-refractivity contribution in [2.45, 2.75) is 46.1 Å². The molecule has 1 aliphatic carbocycles. The van der Waals surface area contributed by atoms with Crippen molar-refractivity contribution in [2.75, 3.05) is 6.61 Å². The molecule has 1 aromatic rings. The molecule has 0 spiro atoms. The molecule has 2 heteroatoms. The number of hydrogen-bond acceptors (Lipinski definition) is 2. The van der Waals surface area contributed by atoms with Crippen LogP contribution >= 0.6 is 0 Å². The second kappa shape index (κ2) is 4.58. The number of benzene rings is 1. The minimum atomic E-state index is -0.122. The summed E-state index contributed by atoms with van der Waals surface area (Å²) in [5.74, 6) is 1.66. The second-order valence-corrected chi connectivity index (χ2v) is 6.58. The van der Waals surface area contributed by atoms with Crippen molar-refractivity contribution in [3.63, 3.8) is 0 Å². The summed E-state index contributed by atoms with van der Waals surface area (Å²) < 4.78 is 5.46. The Morgan fingerprint density at radius 2 is 1.78 bits per heavy atom. The summed E-state index contributed by atoms with van der Waals surface area (Å²) >= 11 is 0. The van der Waals surface area contributed by atoms with E-state index in [2.05, 4.69) is 32.9 Å². The van der Waals surface area contributed by atoms with Gasteiger partial charge in [-0.15, -0.1) is 0 Å². The van der Waals surface area contributed by atoms with Crippen LogP contribution in [0.15, 0.2) is 24.3 Å². The Kier molecular flexibility index (Phi) is 3.41. The van der Waals surface area contributed by atoms with E-state index in [0.717, 1.165) is 24.5 Å². The molecule has 0 radical (unpaired) electrons. The number of rotatable bonds is 3. The molecule has 100 valence electrons. The largest absolute Gasteiger partial charge is 0.494 e. The minimum Gasteiger partial charge on any atom is -0.494 e. The fourth-order valence-electron chi connectivity index (χ4n) is 2.72. The first kappa shape index (κ1) is 13.4.